The van der Waals surface area contributed by atoms with Crippen LogP contribution in [0, 0.1) is 0 Å². The molecule has 1 N–H and O–H groups in total. The highest BCUT2D eigenvalue weighted by atomic mass is 16.3. The number of hydrogen-bond donors (Lipinski definition) is 1. The molecule has 112 valence electrons. The van der Waals surface area contributed by atoms with E-state index in [-0.39, 0.29) is 12.6 Å². The van der Waals surface area contributed by atoms with Crippen molar-refractivity contribution in [3.8, 4) is 0 Å². The predicted octanol–water partition coefficient (Wildman–Crippen LogP) is 0.537. The van der Waals surface area contributed by atoms with E-state index in [1.807, 2.05) is 6.07 Å². The van der Waals surface area contributed by atoms with Crippen LogP contribution in [-0.2, 0) is 4.79 Å². The molecule has 2 saturated heterocycles. The van der Waals surface area contributed by atoms with Crippen molar-refractivity contribution in [2.75, 3.05) is 26.2 Å². The smallest absolute Gasteiger partial charge is 0.295 e. The zero-order valence-corrected chi connectivity index (χ0v) is 11.9. The Labute approximate surface area is 124 Å². The van der Waals surface area contributed by atoms with Gasteiger partial charge >= 0.3 is 0 Å². The highest BCUT2D eigenvalue weighted by Crippen LogP contribution is 2.21. The topological polar surface area (TPSA) is 60.9 Å². The fourth-order valence-electron chi connectivity index (χ4n) is 3.22. The molecule has 5 heteroatoms. The van der Waals surface area contributed by atoms with E-state index in [1.54, 1.807) is 24.3 Å². The molecule has 5 nitrogen and oxygen atoms in total. The SMILES string of the molecule is O=C(C(=O)N1C[C@@H](O)[C@H](N2CCCC2)C1)c1ccccc1. The minimum absolute atomic E-state index is 0.0278. The van der Waals surface area contributed by atoms with Gasteiger partial charge in [-0.1, -0.05) is 30.3 Å². The molecule has 2 heterocycles. The molecule has 0 bridgehead atoms. The van der Waals surface area contributed by atoms with E-state index in [9.17, 15) is 14.7 Å². The highest BCUT2D eigenvalue weighted by Gasteiger charge is 2.40. The zero-order valence-electron chi connectivity index (χ0n) is 11.9. The van der Waals surface area contributed by atoms with Crippen molar-refractivity contribution in [2.45, 2.75) is 25.0 Å². The molecule has 3 rings (SSSR count). The lowest BCUT2D eigenvalue weighted by Crippen LogP contribution is -2.42. The van der Waals surface area contributed by atoms with E-state index in [0.29, 0.717) is 12.1 Å². The molecule has 0 unspecified atom stereocenters. The molecule has 0 aromatic heterocycles. The Bertz CT molecular complexity index is 526. The van der Waals surface area contributed by atoms with Gasteiger partial charge in [-0.3, -0.25) is 14.5 Å². The third-order valence-corrected chi connectivity index (χ3v) is 4.39. The van der Waals surface area contributed by atoms with Gasteiger partial charge in [-0.25, -0.2) is 0 Å². The maximum Gasteiger partial charge on any atom is 0.295 e. The van der Waals surface area contributed by atoms with Crippen LogP contribution < -0.4 is 0 Å². The zero-order chi connectivity index (χ0) is 14.8. The molecule has 0 aliphatic carbocycles. The highest BCUT2D eigenvalue weighted by molar-refractivity contribution is 6.42. The summed E-state index contributed by atoms with van der Waals surface area (Å²) in [7, 11) is 0. The number of β-amino-alcohol motifs (C(OH)–C–C–N with tert-alkyl or cyclic N) is 1. The van der Waals surface area contributed by atoms with Crippen LogP contribution in [0.1, 0.15) is 23.2 Å². The van der Waals surface area contributed by atoms with Crippen molar-refractivity contribution in [1.82, 2.24) is 9.80 Å². The monoisotopic (exact) mass is 288 g/mol. The van der Waals surface area contributed by atoms with Crippen LogP contribution in [0.2, 0.25) is 0 Å². The Hall–Kier alpha value is -1.72. The summed E-state index contributed by atoms with van der Waals surface area (Å²) in [5.41, 5.74) is 0.404. The Morgan fingerprint density at radius 3 is 2.38 bits per heavy atom. The number of carbonyl (C=O) groups is 2. The van der Waals surface area contributed by atoms with Gasteiger partial charge in [-0.2, -0.15) is 0 Å². The summed E-state index contributed by atoms with van der Waals surface area (Å²) in [5.74, 6) is -1.01. The largest absolute Gasteiger partial charge is 0.390 e. The van der Waals surface area contributed by atoms with Gasteiger partial charge in [0.15, 0.2) is 0 Å². The second-order valence-corrected chi connectivity index (χ2v) is 5.78. The van der Waals surface area contributed by atoms with Crippen LogP contribution in [0.3, 0.4) is 0 Å². The molecule has 2 atom stereocenters. The number of amides is 1. The molecular weight excluding hydrogens is 268 g/mol. The fourth-order valence-corrected chi connectivity index (χ4v) is 3.22. The number of aliphatic hydroxyl groups is 1. The summed E-state index contributed by atoms with van der Waals surface area (Å²) < 4.78 is 0. The number of ketones is 1. The second-order valence-electron chi connectivity index (χ2n) is 5.78. The molecule has 2 aliphatic rings. The molecule has 0 radical (unpaired) electrons. The first-order chi connectivity index (χ1) is 10.2. The van der Waals surface area contributed by atoms with E-state index in [4.69, 9.17) is 0 Å². The molecule has 1 aromatic rings. The van der Waals surface area contributed by atoms with Gasteiger partial charge in [0.25, 0.3) is 5.91 Å². The van der Waals surface area contributed by atoms with Crippen molar-refractivity contribution in [3.05, 3.63) is 35.9 Å². The van der Waals surface area contributed by atoms with Crippen LogP contribution >= 0.6 is 0 Å². The van der Waals surface area contributed by atoms with Crippen molar-refractivity contribution in [1.29, 1.82) is 0 Å². The lowest BCUT2D eigenvalue weighted by atomic mass is 10.1. The molecule has 21 heavy (non-hydrogen) atoms. The van der Waals surface area contributed by atoms with Gasteiger partial charge in [0.05, 0.1) is 12.1 Å². The van der Waals surface area contributed by atoms with Crippen molar-refractivity contribution < 1.29 is 14.7 Å². The Morgan fingerprint density at radius 2 is 1.71 bits per heavy atom. The summed E-state index contributed by atoms with van der Waals surface area (Å²) >= 11 is 0. The van der Waals surface area contributed by atoms with Gasteiger partial charge < -0.3 is 10.0 Å². The number of rotatable bonds is 3. The molecule has 1 aromatic carbocycles. The van der Waals surface area contributed by atoms with E-state index >= 15 is 0 Å². The summed E-state index contributed by atoms with van der Waals surface area (Å²) in [6.07, 6.45) is 1.72. The predicted molar refractivity (Wildman–Crippen MR) is 78.0 cm³/mol. The Morgan fingerprint density at radius 1 is 1.05 bits per heavy atom. The molecule has 2 fully saturated rings. The maximum atomic E-state index is 12.3. The lowest BCUT2D eigenvalue weighted by molar-refractivity contribution is -0.125. The van der Waals surface area contributed by atoms with Crippen molar-refractivity contribution >= 4 is 11.7 Å². The average molecular weight is 288 g/mol. The number of carbonyl (C=O) groups excluding carboxylic acids is 2. The van der Waals surface area contributed by atoms with Gasteiger partial charge in [-0.05, 0) is 25.9 Å². The van der Waals surface area contributed by atoms with Gasteiger partial charge in [0.2, 0.25) is 5.78 Å². The number of likely N-dealkylation sites (tertiary alicyclic amines) is 2. The maximum absolute atomic E-state index is 12.3. The van der Waals surface area contributed by atoms with E-state index in [1.165, 1.54) is 4.90 Å². The number of nitrogens with zero attached hydrogens (tertiary/aromatic N) is 2. The number of benzene rings is 1. The quantitative estimate of drug-likeness (QED) is 0.651. The van der Waals surface area contributed by atoms with E-state index < -0.39 is 17.8 Å². The second kappa shape index (κ2) is 5.95. The first-order valence-corrected chi connectivity index (χ1v) is 7.47. The van der Waals surface area contributed by atoms with Crippen molar-refractivity contribution in [2.24, 2.45) is 0 Å². The number of Topliss-reactive ketones (excluding diaryl/α,β-unsaturated/α-hetero) is 1. The van der Waals surface area contributed by atoms with Crippen LogP contribution in [-0.4, -0.2) is 64.9 Å². The van der Waals surface area contributed by atoms with Gasteiger partial charge in [0, 0.05) is 18.7 Å². The summed E-state index contributed by atoms with van der Waals surface area (Å²) in [5, 5.41) is 10.2. The van der Waals surface area contributed by atoms with Gasteiger partial charge in [0.1, 0.15) is 0 Å². The summed E-state index contributed by atoms with van der Waals surface area (Å²) in [6, 6.07) is 8.55. The Balaban J connectivity index is 1.67. The van der Waals surface area contributed by atoms with Crippen molar-refractivity contribution in [3.63, 3.8) is 0 Å². The third kappa shape index (κ3) is 2.84. The minimum Gasteiger partial charge on any atom is -0.390 e. The molecular formula is C16H20N2O3. The summed E-state index contributed by atoms with van der Waals surface area (Å²) in [4.78, 5) is 28.2. The summed E-state index contributed by atoms with van der Waals surface area (Å²) in [6.45, 7) is 2.63. The first-order valence-electron chi connectivity index (χ1n) is 7.47. The average Bonchev–Trinajstić information content (AvgIpc) is 3.15. The third-order valence-electron chi connectivity index (χ3n) is 4.39. The number of hydrogen-bond acceptors (Lipinski definition) is 4. The molecule has 0 spiro atoms. The van der Waals surface area contributed by atoms with Gasteiger partial charge in [-0.15, -0.1) is 0 Å². The minimum atomic E-state index is -0.560. The van der Waals surface area contributed by atoms with Crippen LogP contribution in [0.25, 0.3) is 0 Å². The standard InChI is InChI=1S/C16H20N2O3/c19-14-11-18(10-13(14)17-8-4-5-9-17)16(21)15(20)12-6-2-1-3-7-12/h1-3,6-7,13-14,19H,4-5,8-11H2/t13-,14-/m1/s1. The van der Waals surface area contributed by atoms with E-state index in [2.05, 4.69) is 4.90 Å². The lowest BCUT2D eigenvalue weighted by Gasteiger charge is -2.25. The normalized spacial score (nSPS) is 26.2. The number of aliphatic hydroxyl groups excluding tert-OH is 1. The van der Waals surface area contributed by atoms with Crippen LogP contribution in [0.5, 0.6) is 0 Å². The van der Waals surface area contributed by atoms with E-state index in [0.717, 1.165) is 25.9 Å². The molecule has 2 aliphatic heterocycles. The van der Waals surface area contributed by atoms with Crippen LogP contribution in [0.4, 0.5) is 0 Å². The molecule has 0 saturated carbocycles. The molecule has 1 amide bonds. The first kappa shape index (κ1) is 14.2. The fraction of sp³-hybridized carbons (Fsp3) is 0.500. The Kier molecular flexibility index (Phi) is 4.03. The van der Waals surface area contributed by atoms with Crippen LogP contribution in [0.15, 0.2) is 30.3 Å².